The van der Waals surface area contributed by atoms with Crippen LogP contribution >= 0.6 is 0 Å². The lowest BCUT2D eigenvalue weighted by molar-refractivity contribution is -0.126. The molecule has 1 fully saturated rings. The van der Waals surface area contributed by atoms with Gasteiger partial charge in [-0.25, -0.2) is 9.67 Å². The number of anilines is 1. The molecule has 1 amide bonds. The van der Waals surface area contributed by atoms with Crippen LogP contribution < -0.4 is 4.90 Å². The van der Waals surface area contributed by atoms with Gasteiger partial charge in [-0.05, 0) is 25.1 Å². The first-order valence-electron chi connectivity index (χ1n) is 9.96. The lowest BCUT2D eigenvalue weighted by Gasteiger charge is -2.34. The van der Waals surface area contributed by atoms with E-state index in [0.717, 1.165) is 16.7 Å². The number of piperazine rings is 1. The Morgan fingerprint density at radius 3 is 2.42 bits per heavy atom. The largest absolute Gasteiger partial charge is 0.358 e. The van der Waals surface area contributed by atoms with E-state index in [9.17, 15) is 9.59 Å². The van der Waals surface area contributed by atoms with E-state index in [2.05, 4.69) is 25.3 Å². The van der Waals surface area contributed by atoms with Gasteiger partial charge < -0.3 is 14.8 Å². The number of ketones is 1. The van der Waals surface area contributed by atoms with Gasteiger partial charge in [0.25, 0.3) is 11.7 Å². The quantitative estimate of drug-likeness (QED) is 0.395. The molecule has 4 heterocycles. The monoisotopic (exact) mass is 416 g/mol. The van der Waals surface area contributed by atoms with Crippen LogP contribution in [0.2, 0.25) is 0 Å². The summed E-state index contributed by atoms with van der Waals surface area (Å²) in [6, 6.07) is 11.2. The van der Waals surface area contributed by atoms with Crippen LogP contribution in [0.25, 0.3) is 16.7 Å². The highest BCUT2D eigenvalue weighted by Gasteiger charge is 2.30. The summed E-state index contributed by atoms with van der Waals surface area (Å²) < 4.78 is 1.53. The number of aryl methyl sites for hydroxylation is 1. The van der Waals surface area contributed by atoms with Crippen LogP contribution in [-0.4, -0.2) is 72.7 Å². The molecular formula is C21H20N8O2. The average Bonchev–Trinajstić information content (AvgIpc) is 3.46. The Labute approximate surface area is 177 Å². The second kappa shape index (κ2) is 7.63. The molecule has 0 unspecified atom stereocenters. The third-order valence-corrected chi connectivity index (χ3v) is 5.50. The number of para-hydroxylation sites is 1. The van der Waals surface area contributed by atoms with E-state index in [1.807, 2.05) is 48.2 Å². The molecule has 5 rings (SSSR count). The van der Waals surface area contributed by atoms with Crippen LogP contribution in [0, 0.1) is 6.92 Å². The summed E-state index contributed by atoms with van der Waals surface area (Å²) in [6.45, 7) is 3.85. The first kappa shape index (κ1) is 18.9. The van der Waals surface area contributed by atoms with Crippen LogP contribution in [0.15, 0.2) is 49.1 Å². The maximum Gasteiger partial charge on any atom is 0.295 e. The Bertz CT molecular complexity index is 1240. The fourth-order valence-electron chi connectivity index (χ4n) is 3.89. The molecule has 0 atom stereocenters. The van der Waals surface area contributed by atoms with E-state index in [-0.39, 0.29) is 0 Å². The minimum atomic E-state index is -0.472. The molecule has 0 saturated carbocycles. The first-order valence-corrected chi connectivity index (χ1v) is 9.96. The van der Waals surface area contributed by atoms with Crippen LogP contribution in [-0.2, 0) is 4.79 Å². The van der Waals surface area contributed by atoms with Gasteiger partial charge in [0, 0.05) is 42.8 Å². The molecule has 0 radical (unpaired) electrons. The zero-order chi connectivity index (χ0) is 21.4. The molecule has 10 nitrogen and oxygen atoms in total. The molecule has 10 heteroatoms. The van der Waals surface area contributed by atoms with Crippen LogP contribution in [0.4, 0.5) is 5.82 Å². The average molecular weight is 416 g/mol. The molecule has 1 saturated heterocycles. The highest BCUT2D eigenvalue weighted by atomic mass is 16.2. The summed E-state index contributed by atoms with van der Waals surface area (Å²) in [4.78, 5) is 36.6. The number of benzene rings is 1. The normalized spacial score (nSPS) is 14.2. The molecule has 1 aliphatic heterocycles. The Morgan fingerprint density at radius 2 is 1.71 bits per heavy atom. The van der Waals surface area contributed by atoms with Gasteiger partial charge >= 0.3 is 0 Å². The third-order valence-electron chi connectivity index (χ3n) is 5.50. The van der Waals surface area contributed by atoms with E-state index in [4.69, 9.17) is 0 Å². The number of hydrogen-bond donors (Lipinski definition) is 1. The molecule has 3 aromatic heterocycles. The summed E-state index contributed by atoms with van der Waals surface area (Å²) in [5.74, 6) is 0.352. The number of hydrogen-bond acceptors (Lipinski definition) is 7. The van der Waals surface area contributed by atoms with Crippen molar-refractivity contribution in [2.24, 2.45) is 0 Å². The third kappa shape index (κ3) is 3.41. The molecule has 4 aromatic rings. The van der Waals surface area contributed by atoms with Gasteiger partial charge in [-0.3, -0.25) is 9.59 Å². The first-order chi connectivity index (χ1) is 15.1. The van der Waals surface area contributed by atoms with E-state index in [1.54, 1.807) is 11.2 Å². The predicted octanol–water partition coefficient (Wildman–Crippen LogP) is 1.38. The van der Waals surface area contributed by atoms with E-state index in [0.29, 0.717) is 43.3 Å². The molecule has 0 aliphatic carbocycles. The number of aromatic amines is 1. The van der Waals surface area contributed by atoms with Crippen molar-refractivity contribution in [1.82, 2.24) is 34.8 Å². The standard InChI is InChI=1S/C21H20N8O2/c1-14-19(15-4-2-3-5-16(15)24-14)20(30)21(31)28-10-8-27(9-11-28)17-6-7-18(26-25-17)29-13-22-12-23-29/h2-7,12-13,24H,8-11H2,1H3. The molecule has 1 N–H and O–H groups in total. The number of fused-ring (bicyclic) bond motifs is 1. The van der Waals surface area contributed by atoms with E-state index < -0.39 is 11.7 Å². The molecule has 0 bridgehead atoms. The van der Waals surface area contributed by atoms with Gasteiger partial charge in [0.15, 0.2) is 11.6 Å². The van der Waals surface area contributed by atoms with Crippen molar-refractivity contribution in [1.29, 1.82) is 0 Å². The van der Waals surface area contributed by atoms with Gasteiger partial charge in [-0.2, -0.15) is 5.10 Å². The Hall–Kier alpha value is -4.08. The van der Waals surface area contributed by atoms with Crippen molar-refractivity contribution in [2.75, 3.05) is 31.1 Å². The minimum Gasteiger partial charge on any atom is -0.358 e. The van der Waals surface area contributed by atoms with Gasteiger partial charge in [-0.1, -0.05) is 18.2 Å². The Morgan fingerprint density at radius 1 is 0.968 bits per heavy atom. The number of nitrogens with zero attached hydrogens (tertiary/aromatic N) is 7. The Balaban J connectivity index is 1.26. The number of carbonyl (C=O) groups is 2. The van der Waals surface area contributed by atoms with Crippen molar-refractivity contribution >= 4 is 28.4 Å². The van der Waals surface area contributed by atoms with Crippen LogP contribution in [0.1, 0.15) is 16.1 Å². The Kier molecular flexibility index (Phi) is 4.66. The summed E-state index contributed by atoms with van der Waals surface area (Å²) in [5.41, 5.74) is 2.02. The smallest absolute Gasteiger partial charge is 0.295 e. The minimum absolute atomic E-state index is 0.443. The maximum absolute atomic E-state index is 13.0. The summed E-state index contributed by atoms with van der Waals surface area (Å²) in [5, 5.41) is 13.3. The van der Waals surface area contributed by atoms with Crippen molar-refractivity contribution in [3.05, 3.63) is 60.3 Å². The lowest BCUT2D eigenvalue weighted by atomic mass is 10.1. The van der Waals surface area contributed by atoms with Crippen LogP contribution in [0.3, 0.4) is 0 Å². The highest BCUT2D eigenvalue weighted by Crippen LogP contribution is 2.23. The van der Waals surface area contributed by atoms with Crippen molar-refractivity contribution < 1.29 is 9.59 Å². The maximum atomic E-state index is 13.0. The fourth-order valence-corrected chi connectivity index (χ4v) is 3.89. The second-order valence-electron chi connectivity index (χ2n) is 7.37. The second-order valence-corrected chi connectivity index (χ2v) is 7.37. The zero-order valence-electron chi connectivity index (χ0n) is 16.9. The topological polar surface area (TPSA) is 113 Å². The zero-order valence-corrected chi connectivity index (χ0v) is 16.9. The summed E-state index contributed by atoms with van der Waals surface area (Å²) in [6.07, 6.45) is 2.99. The molecular weight excluding hydrogens is 396 g/mol. The van der Waals surface area contributed by atoms with Crippen molar-refractivity contribution in [3.8, 4) is 5.82 Å². The number of rotatable bonds is 4. The van der Waals surface area contributed by atoms with Crippen LogP contribution in [0.5, 0.6) is 0 Å². The van der Waals surface area contributed by atoms with E-state index in [1.165, 1.54) is 11.0 Å². The number of amides is 1. The molecule has 1 aromatic carbocycles. The summed E-state index contributed by atoms with van der Waals surface area (Å²) in [7, 11) is 0. The van der Waals surface area contributed by atoms with Crippen molar-refractivity contribution in [2.45, 2.75) is 6.92 Å². The summed E-state index contributed by atoms with van der Waals surface area (Å²) >= 11 is 0. The predicted molar refractivity (Wildman–Crippen MR) is 113 cm³/mol. The van der Waals surface area contributed by atoms with Gasteiger partial charge in [0.2, 0.25) is 0 Å². The van der Waals surface area contributed by atoms with Gasteiger partial charge in [0.05, 0.1) is 5.56 Å². The van der Waals surface area contributed by atoms with E-state index >= 15 is 0 Å². The number of H-pyrrole nitrogens is 1. The lowest BCUT2D eigenvalue weighted by Crippen LogP contribution is -2.51. The van der Waals surface area contributed by atoms with Gasteiger partial charge in [-0.15, -0.1) is 10.2 Å². The fraction of sp³-hybridized carbons (Fsp3) is 0.238. The molecule has 1 aliphatic rings. The number of aromatic nitrogens is 6. The van der Waals surface area contributed by atoms with Crippen molar-refractivity contribution in [3.63, 3.8) is 0 Å². The SMILES string of the molecule is Cc1[nH]c2ccccc2c1C(=O)C(=O)N1CCN(c2ccc(-n3cncn3)nn2)CC1. The number of Topliss-reactive ketones (excluding diaryl/α,β-unsaturated/α-hetero) is 1. The molecule has 31 heavy (non-hydrogen) atoms. The number of carbonyl (C=O) groups excluding carboxylic acids is 2. The molecule has 0 spiro atoms. The number of nitrogens with one attached hydrogen (secondary N) is 1. The highest BCUT2D eigenvalue weighted by molar-refractivity contribution is 6.45. The van der Waals surface area contributed by atoms with Gasteiger partial charge in [0.1, 0.15) is 12.7 Å². The molecule has 156 valence electrons.